The summed E-state index contributed by atoms with van der Waals surface area (Å²) in [7, 11) is 0. The van der Waals surface area contributed by atoms with E-state index in [0.717, 1.165) is 19.3 Å². The predicted octanol–water partition coefficient (Wildman–Crippen LogP) is 2.75. The van der Waals surface area contributed by atoms with Crippen LogP contribution in [0.2, 0.25) is 0 Å². The molecule has 2 aromatic rings. The summed E-state index contributed by atoms with van der Waals surface area (Å²) in [5.41, 5.74) is 1.36. The molecule has 0 saturated carbocycles. The minimum Gasteiger partial charge on any atom is -0.494 e. The van der Waals surface area contributed by atoms with Gasteiger partial charge in [-0.05, 0) is 55.2 Å². The van der Waals surface area contributed by atoms with E-state index in [-0.39, 0.29) is 5.56 Å². The molecule has 0 aliphatic carbocycles. The first-order valence-corrected chi connectivity index (χ1v) is 7.06. The van der Waals surface area contributed by atoms with Gasteiger partial charge in [-0.1, -0.05) is 6.07 Å². The molecule has 0 spiro atoms. The number of pyridine rings is 1. The van der Waals surface area contributed by atoms with Crippen molar-refractivity contribution < 1.29 is 19.4 Å². The van der Waals surface area contributed by atoms with Crippen LogP contribution in [0.5, 0.6) is 5.75 Å². The highest BCUT2D eigenvalue weighted by Crippen LogP contribution is 2.13. The molecule has 1 heterocycles. The molecule has 0 unspecified atom stereocenters. The zero-order valence-corrected chi connectivity index (χ0v) is 12.1. The third kappa shape index (κ3) is 4.70. The van der Waals surface area contributed by atoms with E-state index in [2.05, 4.69) is 4.98 Å². The van der Waals surface area contributed by atoms with Crippen LogP contribution in [0, 0.1) is 0 Å². The molecule has 0 atom stereocenters. The molecule has 1 aromatic carbocycles. The lowest BCUT2D eigenvalue weighted by atomic mass is 10.1. The van der Waals surface area contributed by atoms with Gasteiger partial charge < -0.3 is 9.84 Å². The summed E-state index contributed by atoms with van der Waals surface area (Å²) in [6.07, 6.45) is 6.49. The minimum atomic E-state index is -1.45. The first-order valence-electron chi connectivity index (χ1n) is 7.06. The van der Waals surface area contributed by atoms with Crippen LogP contribution in [-0.2, 0) is 11.2 Å². The maximum Gasteiger partial charge on any atom is 0.377 e. The molecule has 5 nitrogen and oxygen atoms in total. The molecule has 0 radical (unpaired) electrons. The Morgan fingerprint density at radius 3 is 2.50 bits per heavy atom. The number of aryl methyl sites for hydroxylation is 1. The number of carboxylic acids is 1. The number of benzene rings is 1. The van der Waals surface area contributed by atoms with Gasteiger partial charge in [-0.15, -0.1) is 0 Å². The van der Waals surface area contributed by atoms with E-state index < -0.39 is 11.8 Å². The van der Waals surface area contributed by atoms with Gasteiger partial charge in [0.2, 0.25) is 0 Å². The van der Waals surface area contributed by atoms with Gasteiger partial charge in [-0.25, -0.2) is 4.79 Å². The Morgan fingerprint density at radius 2 is 1.86 bits per heavy atom. The lowest BCUT2D eigenvalue weighted by Crippen LogP contribution is -2.12. The summed E-state index contributed by atoms with van der Waals surface area (Å²) >= 11 is 0. The smallest absolute Gasteiger partial charge is 0.377 e. The average Bonchev–Trinajstić information content (AvgIpc) is 2.55. The van der Waals surface area contributed by atoms with Gasteiger partial charge in [0.15, 0.2) is 0 Å². The molecular formula is C17H17NO4. The predicted molar refractivity (Wildman–Crippen MR) is 81.1 cm³/mol. The van der Waals surface area contributed by atoms with E-state index in [4.69, 9.17) is 9.84 Å². The lowest BCUT2D eigenvalue weighted by molar-refractivity contribution is -0.131. The molecule has 114 valence electrons. The number of ketones is 1. The van der Waals surface area contributed by atoms with Crippen LogP contribution in [0.3, 0.4) is 0 Å². The van der Waals surface area contributed by atoms with Gasteiger partial charge >= 0.3 is 5.97 Å². The summed E-state index contributed by atoms with van der Waals surface area (Å²) in [5, 5.41) is 8.61. The lowest BCUT2D eigenvalue weighted by Gasteiger charge is -2.06. The monoisotopic (exact) mass is 299 g/mol. The second-order valence-electron chi connectivity index (χ2n) is 4.83. The Hall–Kier alpha value is -2.69. The van der Waals surface area contributed by atoms with Crippen LogP contribution >= 0.6 is 0 Å². The van der Waals surface area contributed by atoms with Gasteiger partial charge in [-0.3, -0.25) is 9.78 Å². The molecule has 0 amide bonds. The number of rotatable bonds is 8. The van der Waals surface area contributed by atoms with E-state index in [0.29, 0.717) is 12.4 Å². The van der Waals surface area contributed by atoms with Gasteiger partial charge in [-0.2, -0.15) is 0 Å². The summed E-state index contributed by atoms with van der Waals surface area (Å²) < 4.78 is 5.56. The highest BCUT2D eigenvalue weighted by molar-refractivity contribution is 6.39. The number of carbonyl (C=O) groups excluding carboxylic acids is 1. The number of hydrogen-bond acceptors (Lipinski definition) is 4. The van der Waals surface area contributed by atoms with Crippen molar-refractivity contribution in [2.45, 2.75) is 19.3 Å². The Labute approximate surface area is 128 Å². The third-order valence-corrected chi connectivity index (χ3v) is 3.16. The maximum absolute atomic E-state index is 11.2. The number of carbonyl (C=O) groups is 2. The van der Waals surface area contributed by atoms with Crippen molar-refractivity contribution in [1.82, 2.24) is 4.98 Å². The SMILES string of the molecule is O=C(O)C(=O)c1ccc(OCCCCc2cccnc2)cc1. The largest absolute Gasteiger partial charge is 0.494 e. The van der Waals surface area contributed by atoms with E-state index in [9.17, 15) is 9.59 Å². The molecule has 0 aliphatic heterocycles. The molecule has 2 rings (SSSR count). The van der Waals surface area contributed by atoms with Crippen molar-refractivity contribution >= 4 is 11.8 Å². The standard InChI is InChI=1S/C17H17NO4/c19-16(17(20)21)14-6-8-15(9-7-14)22-11-2-1-4-13-5-3-10-18-12-13/h3,5-10,12H,1-2,4,11H2,(H,20,21). The molecular weight excluding hydrogens is 282 g/mol. The van der Waals surface area contributed by atoms with Crippen LogP contribution in [0.25, 0.3) is 0 Å². The Morgan fingerprint density at radius 1 is 1.09 bits per heavy atom. The van der Waals surface area contributed by atoms with Crippen molar-refractivity contribution in [2.75, 3.05) is 6.61 Å². The second-order valence-corrected chi connectivity index (χ2v) is 4.83. The van der Waals surface area contributed by atoms with Crippen LogP contribution < -0.4 is 4.74 Å². The molecule has 5 heteroatoms. The van der Waals surface area contributed by atoms with Crippen molar-refractivity contribution in [2.24, 2.45) is 0 Å². The fourth-order valence-corrected chi connectivity index (χ4v) is 1.99. The molecule has 1 aromatic heterocycles. The maximum atomic E-state index is 11.2. The summed E-state index contributed by atoms with van der Waals surface area (Å²) in [5.74, 6) is -1.74. The van der Waals surface area contributed by atoms with Gasteiger partial charge in [0.1, 0.15) is 5.75 Å². The highest BCUT2D eigenvalue weighted by Gasteiger charge is 2.13. The van der Waals surface area contributed by atoms with Crippen molar-refractivity contribution in [3.63, 3.8) is 0 Å². The molecule has 0 saturated heterocycles. The summed E-state index contributed by atoms with van der Waals surface area (Å²) in [6.45, 7) is 0.576. The third-order valence-electron chi connectivity index (χ3n) is 3.16. The van der Waals surface area contributed by atoms with E-state index in [1.165, 1.54) is 17.7 Å². The number of aromatic nitrogens is 1. The fraction of sp³-hybridized carbons (Fsp3) is 0.235. The fourth-order valence-electron chi connectivity index (χ4n) is 1.99. The molecule has 0 fully saturated rings. The zero-order valence-electron chi connectivity index (χ0n) is 12.1. The molecule has 0 aliphatic rings. The number of ether oxygens (including phenoxy) is 1. The van der Waals surface area contributed by atoms with Crippen LogP contribution in [0.15, 0.2) is 48.8 Å². The van der Waals surface area contributed by atoms with Crippen LogP contribution in [-0.4, -0.2) is 28.4 Å². The number of carboxylic acid groups (broad SMARTS) is 1. The Bertz CT molecular complexity index is 623. The van der Waals surface area contributed by atoms with Crippen molar-refractivity contribution in [1.29, 1.82) is 0 Å². The van der Waals surface area contributed by atoms with E-state index in [1.807, 2.05) is 18.3 Å². The first kappa shape index (κ1) is 15.7. The number of unbranched alkanes of at least 4 members (excludes halogenated alkanes) is 1. The van der Waals surface area contributed by atoms with Crippen LogP contribution in [0.4, 0.5) is 0 Å². The van der Waals surface area contributed by atoms with Crippen molar-refractivity contribution in [3.05, 3.63) is 59.9 Å². The number of aliphatic carboxylic acids is 1. The van der Waals surface area contributed by atoms with E-state index >= 15 is 0 Å². The Kier molecular flexibility index (Phi) is 5.65. The zero-order chi connectivity index (χ0) is 15.8. The summed E-state index contributed by atoms with van der Waals surface area (Å²) in [4.78, 5) is 25.9. The highest BCUT2D eigenvalue weighted by atomic mass is 16.5. The number of Topliss-reactive ketones (excluding diaryl/α,β-unsaturated/α-hetero) is 1. The normalized spacial score (nSPS) is 10.2. The minimum absolute atomic E-state index is 0.149. The van der Waals surface area contributed by atoms with E-state index in [1.54, 1.807) is 18.3 Å². The molecule has 22 heavy (non-hydrogen) atoms. The molecule has 0 bridgehead atoms. The second kappa shape index (κ2) is 7.93. The Balaban J connectivity index is 1.71. The number of nitrogens with zero attached hydrogens (tertiary/aromatic N) is 1. The van der Waals surface area contributed by atoms with Gasteiger partial charge in [0.25, 0.3) is 5.78 Å². The summed E-state index contributed by atoms with van der Waals surface area (Å²) in [6, 6.07) is 10.1. The quantitative estimate of drug-likeness (QED) is 0.461. The van der Waals surface area contributed by atoms with Crippen molar-refractivity contribution in [3.8, 4) is 5.75 Å². The van der Waals surface area contributed by atoms with Gasteiger partial charge in [0.05, 0.1) is 6.61 Å². The van der Waals surface area contributed by atoms with Gasteiger partial charge in [0, 0.05) is 18.0 Å². The molecule has 1 N–H and O–H groups in total. The topological polar surface area (TPSA) is 76.5 Å². The first-order chi connectivity index (χ1) is 10.7. The average molecular weight is 299 g/mol. The number of hydrogen-bond donors (Lipinski definition) is 1. The van der Waals surface area contributed by atoms with Crippen LogP contribution in [0.1, 0.15) is 28.8 Å².